The van der Waals surface area contributed by atoms with Crippen molar-refractivity contribution in [2.24, 2.45) is 0 Å². The van der Waals surface area contributed by atoms with E-state index in [2.05, 4.69) is 79.6 Å². The molecule has 0 radical (unpaired) electrons. The van der Waals surface area contributed by atoms with Crippen LogP contribution in [0.1, 0.15) is 5.56 Å². The lowest BCUT2D eigenvalue weighted by atomic mass is 10.1. The molecule has 17 heavy (non-hydrogen) atoms. The Labute approximate surface area is 140 Å². The van der Waals surface area contributed by atoms with E-state index < -0.39 is 5.97 Å². The van der Waals surface area contributed by atoms with Crippen molar-refractivity contribution in [3.8, 4) is 0 Å². The quantitative estimate of drug-likeness (QED) is 0.296. The fourth-order valence-electron chi connectivity index (χ4n) is 1.11. The summed E-state index contributed by atoms with van der Waals surface area (Å²) in [4.78, 5) is 10.4. The van der Waals surface area contributed by atoms with Crippen molar-refractivity contribution in [1.29, 1.82) is 0 Å². The molecule has 1 aromatic carbocycles. The van der Waals surface area contributed by atoms with E-state index in [-0.39, 0.29) is 0 Å². The van der Waals surface area contributed by atoms with Crippen molar-refractivity contribution >= 4 is 85.6 Å². The van der Waals surface area contributed by atoms with Crippen LogP contribution in [0.5, 0.6) is 0 Å². The highest BCUT2D eigenvalue weighted by molar-refractivity contribution is 9.15. The second-order valence-corrected chi connectivity index (χ2v) is 6.96. The van der Waals surface area contributed by atoms with Crippen LogP contribution in [0.4, 0.5) is 0 Å². The molecule has 0 spiro atoms. The molecule has 0 fully saturated rings. The first-order chi connectivity index (χ1) is 7.86. The van der Waals surface area contributed by atoms with Gasteiger partial charge in [0.15, 0.2) is 0 Å². The van der Waals surface area contributed by atoms with Crippen LogP contribution >= 0.6 is 79.6 Å². The predicted octanol–water partition coefficient (Wildman–Crippen LogP) is 5.68. The molecule has 0 unspecified atom stereocenters. The van der Waals surface area contributed by atoms with Gasteiger partial charge >= 0.3 is 5.97 Å². The molecule has 92 valence electrons. The summed E-state index contributed by atoms with van der Waals surface area (Å²) in [6.45, 7) is 0. The number of aliphatic carboxylic acids is 1. The highest BCUT2D eigenvalue weighted by Gasteiger charge is 2.16. The van der Waals surface area contributed by atoms with E-state index in [9.17, 15) is 4.79 Å². The summed E-state index contributed by atoms with van der Waals surface area (Å²) >= 11 is 17.3. The second-order valence-electron chi connectivity index (χ2n) is 2.99. The molecular weight excluding hydrogens is 552 g/mol. The van der Waals surface area contributed by atoms with Crippen LogP contribution in [0.25, 0.3) is 0 Å². The number of carbonyl (C=O) groups is 1. The van der Waals surface area contributed by atoms with Gasteiger partial charge in [-0.3, -0.25) is 0 Å². The number of hydrogen-bond donors (Lipinski definition) is 1. The van der Waals surface area contributed by atoms with Gasteiger partial charge in [-0.25, -0.2) is 4.79 Å². The topological polar surface area (TPSA) is 37.3 Å². The van der Waals surface area contributed by atoms with Crippen molar-refractivity contribution in [3.05, 3.63) is 40.1 Å². The minimum Gasteiger partial charge on any atom is -0.478 e. The minimum absolute atomic E-state index is 0.512. The Bertz CT molecular complexity index is 467. The average Bonchev–Trinajstić information content (AvgIpc) is 2.28. The van der Waals surface area contributed by atoms with Gasteiger partial charge in [-0.15, -0.1) is 0 Å². The van der Waals surface area contributed by atoms with E-state index in [0.717, 1.165) is 34.0 Å². The maximum Gasteiger partial charge on any atom is 0.327 e. The summed E-state index contributed by atoms with van der Waals surface area (Å²) in [5, 5.41) is 8.55. The van der Waals surface area contributed by atoms with Crippen LogP contribution in [0, 0.1) is 0 Å². The third-order valence-electron chi connectivity index (χ3n) is 1.88. The molecule has 0 heterocycles. The molecule has 0 aromatic heterocycles. The molecule has 0 bridgehead atoms. The summed E-state index contributed by atoms with van der Waals surface area (Å²) in [6, 6.07) is 0. The van der Waals surface area contributed by atoms with Crippen LogP contribution in [0.15, 0.2) is 34.5 Å². The van der Waals surface area contributed by atoms with E-state index in [0.29, 0.717) is 6.42 Å². The first kappa shape index (κ1) is 15.9. The molecule has 0 atom stereocenters. The second kappa shape index (κ2) is 6.84. The molecule has 1 rings (SSSR count). The number of hydrogen-bond acceptors (Lipinski definition) is 1. The minimum atomic E-state index is -0.951. The fourth-order valence-corrected chi connectivity index (χ4v) is 4.56. The molecule has 1 N–H and O–H groups in total. The summed E-state index contributed by atoms with van der Waals surface area (Å²) in [7, 11) is 0. The van der Waals surface area contributed by atoms with Crippen molar-refractivity contribution in [2.45, 2.75) is 6.42 Å². The van der Waals surface area contributed by atoms with Gasteiger partial charge in [0.2, 0.25) is 0 Å². The molecule has 7 heteroatoms. The van der Waals surface area contributed by atoms with Crippen LogP contribution in [-0.2, 0) is 11.2 Å². The number of carboxylic acids is 1. The van der Waals surface area contributed by atoms with Gasteiger partial charge < -0.3 is 5.11 Å². The fraction of sp³-hybridized carbons (Fsp3) is 0.100. The summed E-state index contributed by atoms with van der Waals surface area (Å²) in [6.07, 6.45) is 3.24. The van der Waals surface area contributed by atoms with Gasteiger partial charge in [0.25, 0.3) is 0 Å². The standard InChI is InChI=1S/C10H5Br5O2/c11-6-4(2-1-3-5(16)17)7(12)9(14)10(15)8(6)13/h1,3H,2H2,(H,16,17). The largest absolute Gasteiger partial charge is 0.478 e. The van der Waals surface area contributed by atoms with E-state index in [1.807, 2.05) is 0 Å². The van der Waals surface area contributed by atoms with E-state index in [4.69, 9.17) is 5.11 Å². The van der Waals surface area contributed by atoms with Gasteiger partial charge in [-0.2, -0.15) is 0 Å². The van der Waals surface area contributed by atoms with Gasteiger partial charge in [0.05, 0.1) is 0 Å². The highest BCUT2D eigenvalue weighted by Crippen LogP contribution is 2.44. The number of halogens is 5. The molecule has 2 nitrogen and oxygen atoms in total. The number of carboxylic acid groups (broad SMARTS) is 1. The third kappa shape index (κ3) is 3.89. The van der Waals surface area contributed by atoms with Gasteiger partial charge in [-0.1, -0.05) is 6.08 Å². The van der Waals surface area contributed by atoms with Crippen LogP contribution in [0.3, 0.4) is 0 Å². The van der Waals surface area contributed by atoms with Crippen molar-refractivity contribution < 1.29 is 9.90 Å². The molecular formula is C10H5Br5O2. The predicted molar refractivity (Wildman–Crippen MR) is 85.4 cm³/mol. The smallest absolute Gasteiger partial charge is 0.327 e. The normalized spacial score (nSPS) is 11.1. The monoisotopic (exact) mass is 552 g/mol. The van der Waals surface area contributed by atoms with Gasteiger partial charge in [0, 0.05) is 28.4 Å². The Morgan fingerprint density at radius 2 is 1.35 bits per heavy atom. The zero-order valence-electron chi connectivity index (χ0n) is 8.11. The van der Waals surface area contributed by atoms with Crippen molar-refractivity contribution in [1.82, 2.24) is 0 Å². The van der Waals surface area contributed by atoms with Crippen molar-refractivity contribution in [2.75, 3.05) is 0 Å². The maximum absolute atomic E-state index is 10.4. The molecule has 0 aliphatic rings. The average molecular weight is 557 g/mol. The zero-order chi connectivity index (χ0) is 13.2. The molecule has 0 saturated carbocycles. The zero-order valence-corrected chi connectivity index (χ0v) is 16.0. The lowest BCUT2D eigenvalue weighted by Gasteiger charge is -2.12. The van der Waals surface area contributed by atoms with Gasteiger partial charge in [-0.05, 0) is 91.6 Å². The Balaban J connectivity index is 3.20. The number of benzene rings is 1. The SMILES string of the molecule is O=C(O)C=CCc1c(Br)c(Br)c(Br)c(Br)c1Br. The summed E-state index contributed by atoms with van der Waals surface area (Å²) < 4.78 is 4.42. The lowest BCUT2D eigenvalue weighted by molar-refractivity contribution is -0.131. The number of allylic oxidation sites excluding steroid dienone is 1. The van der Waals surface area contributed by atoms with Crippen LogP contribution in [0.2, 0.25) is 0 Å². The Morgan fingerprint density at radius 1 is 0.941 bits per heavy atom. The Morgan fingerprint density at radius 3 is 1.76 bits per heavy atom. The van der Waals surface area contributed by atoms with Crippen molar-refractivity contribution in [3.63, 3.8) is 0 Å². The third-order valence-corrected chi connectivity index (χ3v) is 8.14. The van der Waals surface area contributed by atoms with E-state index in [1.165, 1.54) is 0 Å². The lowest BCUT2D eigenvalue weighted by Crippen LogP contribution is -1.93. The molecule has 0 saturated heterocycles. The Hall–Kier alpha value is 0.830. The van der Waals surface area contributed by atoms with E-state index >= 15 is 0 Å². The Kier molecular flexibility index (Phi) is 6.39. The molecule has 0 amide bonds. The maximum atomic E-state index is 10.4. The molecule has 0 aliphatic heterocycles. The highest BCUT2D eigenvalue weighted by atomic mass is 79.9. The molecule has 0 aliphatic carbocycles. The van der Waals surface area contributed by atoms with Gasteiger partial charge in [0.1, 0.15) is 0 Å². The number of rotatable bonds is 3. The van der Waals surface area contributed by atoms with Crippen LogP contribution in [-0.4, -0.2) is 11.1 Å². The van der Waals surface area contributed by atoms with Crippen LogP contribution < -0.4 is 0 Å². The molecule has 1 aromatic rings. The summed E-state index contributed by atoms with van der Waals surface area (Å²) in [5.41, 5.74) is 0.962. The first-order valence-corrected chi connectivity index (χ1v) is 8.22. The summed E-state index contributed by atoms with van der Waals surface area (Å²) in [5.74, 6) is -0.951. The van der Waals surface area contributed by atoms with E-state index in [1.54, 1.807) is 6.08 Å². The first-order valence-electron chi connectivity index (χ1n) is 4.26.